The molecule has 0 aliphatic heterocycles. The molecule has 112 valence electrons. The number of hydrogen-bond acceptors (Lipinski definition) is 3. The van der Waals surface area contributed by atoms with Crippen LogP contribution in [0, 0.1) is 6.92 Å². The first-order valence-corrected chi connectivity index (χ1v) is 6.35. The summed E-state index contributed by atoms with van der Waals surface area (Å²) in [4.78, 5) is 23.3. The van der Waals surface area contributed by atoms with Gasteiger partial charge in [-0.15, -0.1) is 12.4 Å². The van der Waals surface area contributed by atoms with Crippen LogP contribution in [0.25, 0.3) is 0 Å². The fourth-order valence-corrected chi connectivity index (χ4v) is 1.68. The van der Waals surface area contributed by atoms with Gasteiger partial charge in [-0.2, -0.15) is 0 Å². The second kappa shape index (κ2) is 9.34. The Bertz CT molecular complexity index is 464. The largest absolute Gasteiger partial charge is 0.355 e. The molecule has 1 aromatic rings. The molecule has 0 atom stereocenters. The number of rotatable bonds is 6. The molecule has 1 aromatic carbocycles. The molecule has 0 spiro atoms. The monoisotopic (exact) mass is 299 g/mol. The van der Waals surface area contributed by atoms with E-state index in [0.29, 0.717) is 17.7 Å². The van der Waals surface area contributed by atoms with Crippen molar-refractivity contribution in [2.24, 2.45) is 0 Å². The average molecular weight is 300 g/mol. The van der Waals surface area contributed by atoms with Crippen LogP contribution in [-0.2, 0) is 4.79 Å². The van der Waals surface area contributed by atoms with Gasteiger partial charge in [-0.3, -0.25) is 9.59 Å². The van der Waals surface area contributed by atoms with Crippen molar-refractivity contribution in [3.63, 3.8) is 0 Å². The Kier molecular flexibility index (Phi) is 8.59. The van der Waals surface area contributed by atoms with E-state index in [1.807, 2.05) is 20.0 Å². The van der Waals surface area contributed by atoms with E-state index in [1.165, 1.54) is 0 Å². The van der Waals surface area contributed by atoms with Gasteiger partial charge in [0.15, 0.2) is 0 Å². The van der Waals surface area contributed by atoms with E-state index in [-0.39, 0.29) is 24.2 Å². The number of hydrogen-bond donors (Lipinski definition) is 3. The highest BCUT2D eigenvalue weighted by Gasteiger charge is 2.08. The molecule has 0 bridgehead atoms. The topological polar surface area (TPSA) is 70.2 Å². The zero-order chi connectivity index (χ0) is 14.3. The van der Waals surface area contributed by atoms with E-state index in [1.54, 1.807) is 19.2 Å². The van der Waals surface area contributed by atoms with Crippen molar-refractivity contribution in [2.45, 2.75) is 19.8 Å². The van der Waals surface area contributed by atoms with E-state index < -0.39 is 0 Å². The quantitative estimate of drug-likeness (QED) is 0.701. The molecule has 0 aliphatic carbocycles. The lowest BCUT2D eigenvalue weighted by Gasteiger charge is -2.10. The minimum absolute atomic E-state index is 0. The Hall–Kier alpha value is -1.59. The van der Waals surface area contributed by atoms with Crippen LogP contribution in [0.5, 0.6) is 0 Å². The average Bonchev–Trinajstić information content (AvgIpc) is 2.40. The number of amides is 2. The van der Waals surface area contributed by atoms with Crippen LogP contribution >= 0.6 is 12.4 Å². The molecule has 0 unspecified atom stereocenters. The molecule has 20 heavy (non-hydrogen) atoms. The maximum atomic E-state index is 11.8. The molecule has 0 aromatic heterocycles. The third-order valence-corrected chi connectivity index (χ3v) is 2.83. The number of nitrogens with one attached hydrogen (secondary N) is 3. The van der Waals surface area contributed by atoms with Gasteiger partial charge in [-0.25, -0.2) is 0 Å². The molecule has 0 radical (unpaired) electrons. The number of benzene rings is 1. The molecule has 3 N–H and O–H groups in total. The van der Waals surface area contributed by atoms with Crippen molar-refractivity contribution in [3.8, 4) is 0 Å². The third-order valence-electron chi connectivity index (χ3n) is 2.83. The summed E-state index contributed by atoms with van der Waals surface area (Å²) >= 11 is 0. The van der Waals surface area contributed by atoms with E-state index >= 15 is 0 Å². The molecule has 0 saturated carbocycles. The van der Waals surface area contributed by atoms with Gasteiger partial charge < -0.3 is 16.0 Å². The highest BCUT2D eigenvalue weighted by molar-refractivity contribution is 5.97. The lowest BCUT2D eigenvalue weighted by Crippen LogP contribution is -2.19. The summed E-state index contributed by atoms with van der Waals surface area (Å²) < 4.78 is 0. The molecular formula is C14H22ClN3O2. The van der Waals surface area contributed by atoms with Crippen molar-refractivity contribution in [2.75, 3.05) is 26.0 Å². The first kappa shape index (κ1) is 18.4. The van der Waals surface area contributed by atoms with E-state index in [4.69, 9.17) is 0 Å². The van der Waals surface area contributed by atoms with Gasteiger partial charge in [0.2, 0.25) is 5.91 Å². The molecule has 0 saturated heterocycles. The van der Waals surface area contributed by atoms with E-state index in [9.17, 15) is 9.59 Å². The molecule has 1 rings (SSSR count). The van der Waals surface area contributed by atoms with Crippen LogP contribution in [0.1, 0.15) is 28.8 Å². The first-order chi connectivity index (χ1) is 9.08. The molecule has 0 heterocycles. The fourth-order valence-electron chi connectivity index (χ4n) is 1.68. The van der Waals surface area contributed by atoms with Gasteiger partial charge in [0, 0.05) is 24.7 Å². The Labute approximate surface area is 125 Å². The van der Waals surface area contributed by atoms with Gasteiger partial charge in [-0.05, 0) is 44.6 Å². The normalized spacial score (nSPS) is 9.55. The second-order valence-electron chi connectivity index (χ2n) is 4.36. The van der Waals surface area contributed by atoms with Gasteiger partial charge in [0.25, 0.3) is 5.91 Å². The first-order valence-electron chi connectivity index (χ1n) is 6.35. The second-order valence-corrected chi connectivity index (χ2v) is 4.36. The summed E-state index contributed by atoms with van der Waals surface area (Å²) in [6.07, 6.45) is 1.25. The van der Waals surface area contributed by atoms with Crippen LogP contribution in [0.3, 0.4) is 0 Å². The van der Waals surface area contributed by atoms with Crippen molar-refractivity contribution in [1.82, 2.24) is 10.6 Å². The number of carbonyl (C=O) groups is 2. The minimum atomic E-state index is -0.161. The van der Waals surface area contributed by atoms with Crippen LogP contribution in [0.15, 0.2) is 18.2 Å². The molecule has 0 aliphatic rings. The predicted octanol–water partition coefficient (Wildman–Crippen LogP) is 1.71. The zero-order valence-corrected chi connectivity index (χ0v) is 12.9. The lowest BCUT2D eigenvalue weighted by atomic mass is 10.1. The molecule has 2 amide bonds. The summed E-state index contributed by atoms with van der Waals surface area (Å²) in [7, 11) is 3.44. The van der Waals surface area contributed by atoms with Gasteiger partial charge in [-0.1, -0.05) is 6.07 Å². The molecular weight excluding hydrogens is 278 g/mol. The Balaban J connectivity index is 0.00000361. The Morgan fingerprint density at radius 2 is 1.90 bits per heavy atom. The van der Waals surface area contributed by atoms with Gasteiger partial charge in [0.1, 0.15) is 0 Å². The lowest BCUT2D eigenvalue weighted by molar-refractivity contribution is -0.116. The molecule has 6 heteroatoms. The zero-order valence-electron chi connectivity index (χ0n) is 12.1. The third kappa shape index (κ3) is 5.59. The van der Waals surface area contributed by atoms with Gasteiger partial charge >= 0.3 is 0 Å². The van der Waals surface area contributed by atoms with Crippen molar-refractivity contribution in [1.29, 1.82) is 0 Å². The molecule has 5 nitrogen and oxygen atoms in total. The minimum Gasteiger partial charge on any atom is -0.355 e. The maximum absolute atomic E-state index is 11.8. The van der Waals surface area contributed by atoms with Crippen molar-refractivity contribution in [3.05, 3.63) is 29.3 Å². The van der Waals surface area contributed by atoms with Crippen molar-refractivity contribution >= 4 is 29.9 Å². The summed E-state index contributed by atoms with van der Waals surface area (Å²) in [6, 6.07) is 5.27. The highest BCUT2D eigenvalue weighted by Crippen LogP contribution is 2.17. The molecule has 0 fully saturated rings. The Morgan fingerprint density at radius 3 is 2.50 bits per heavy atom. The van der Waals surface area contributed by atoms with Crippen LogP contribution in [0.2, 0.25) is 0 Å². The summed E-state index contributed by atoms with van der Waals surface area (Å²) in [5, 5.41) is 8.40. The highest BCUT2D eigenvalue weighted by atomic mass is 35.5. The van der Waals surface area contributed by atoms with Gasteiger partial charge in [0.05, 0.1) is 0 Å². The standard InChI is InChI=1S/C14H21N3O2.ClH/c1-10-6-7-11(14(19)16-3)9-12(10)17-13(18)5-4-8-15-2;/h6-7,9,15H,4-5,8H2,1-3H3,(H,16,19)(H,17,18);1H. The number of anilines is 1. The summed E-state index contributed by atoms with van der Waals surface area (Å²) in [5.74, 6) is -0.196. The maximum Gasteiger partial charge on any atom is 0.251 e. The van der Waals surface area contributed by atoms with E-state index in [2.05, 4.69) is 16.0 Å². The van der Waals surface area contributed by atoms with Crippen LogP contribution in [-0.4, -0.2) is 32.5 Å². The number of aryl methyl sites for hydroxylation is 1. The van der Waals surface area contributed by atoms with E-state index in [0.717, 1.165) is 18.5 Å². The Morgan fingerprint density at radius 1 is 1.20 bits per heavy atom. The summed E-state index contributed by atoms with van der Waals surface area (Å²) in [6.45, 7) is 2.71. The van der Waals surface area contributed by atoms with Crippen molar-refractivity contribution < 1.29 is 9.59 Å². The predicted molar refractivity (Wildman–Crippen MR) is 83.6 cm³/mol. The number of carbonyl (C=O) groups excluding carboxylic acids is 2. The SMILES string of the molecule is CNCCCC(=O)Nc1cc(C(=O)NC)ccc1C.Cl. The van der Waals surface area contributed by atoms with Crippen LogP contribution < -0.4 is 16.0 Å². The fraction of sp³-hybridized carbons (Fsp3) is 0.429. The smallest absolute Gasteiger partial charge is 0.251 e. The van der Waals surface area contributed by atoms with Crippen LogP contribution in [0.4, 0.5) is 5.69 Å². The number of halogens is 1. The summed E-state index contributed by atoms with van der Waals surface area (Å²) in [5.41, 5.74) is 2.17.